The van der Waals surface area contributed by atoms with Crippen LogP contribution in [0.1, 0.15) is 28.8 Å². The first-order chi connectivity index (χ1) is 8.84. The molecular formula is C15H15NO2. The van der Waals surface area contributed by atoms with E-state index in [1.807, 2.05) is 23.1 Å². The van der Waals surface area contributed by atoms with Gasteiger partial charge in [0.05, 0.1) is 11.8 Å². The predicted molar refractivity (Wildman–Crippen MR) is 68.0 cm³/mol. The molecule has 2 aromatic rings. The zero-order valence-electron chi connectivity index (χ0n) is 10.1. The quantitative estimate of drug-likeness (QED) is 0.824. The van der Waals surface area contributed by atoms with Crippen LogP contribution in [0.25, 0.3) is 0 Å². The maximum atomic E-state index is 12.4. The third-order valence-electron chi connectivity index (χ3n) is 3.21. The number of nitrogens with zero attached hydrogens (tertiary/aromatic N) is 1. The van der Waals surface area contributed by atoms with Gasteiger partial charge >= 0.3 is 0 Å². The van der Waals surface area contributed by atoms with E-state index in [1.54, 1.807) is 12.3 Å². The van der Waals surface area contributed by atoms with Gasteiger partial charge in [0.15, 0.2) is 0 Å². The first-order valence-electron chi connectivity index (χ1n) is 6.21. The number of amides is 1. The average Bonchev–Trinajstić information content (AvgIpc) is 3.10. The second-order valence-electron chi connectivity index (χ2n) is 4.66. The molecule has 1 heterocycles. The zero-order chi connectivity index (χ0) is 12.4. The first-order valence-corrected chi connectivity index (χ1v) is 6.21. The van der Waals surface area contributed by atoms with Crippen molar-refractivity contribution in [3.05, 3.63) is 60.1 Å². The van der Waals surface area contributed by atoms with Crippen LogP contribution in [0.5, 0.6) is 0 Å². The molecule has 0 atom stereocenters. The van der Waals surface area contributed by atoms with Crippen LogP contribution in [0, 0.1) is 0 Å². The molecule has 1 aliphatic carbocycles. The molecule has 3 heteroatoms. The molecule has 0 N–H and O–H groups in total. The van der Waals surface area contributed by atoms with Crippen molar-refractivity contribution in [2.75, 3.05) is 0 Å². The maximum absolute atomic E-state index is 12.4. The van der Waals surface area contributed by atoms with Crippen LogP contribution in [0.15, 0.2) is 53.3 Å². The molecule has 1 fully saturated rings. The Morgan fingerprint density at radius 1 is 1.22 bits per heavy atom. The number of hydrogen-bond donors (Lipinski definition) is 0. The topological polar surface area (TPSA) is 33.5 Å². The van der Waals surface area contributed by atoms with Crippen molar-refractivity contribution in [1.82, 2.24) is 4.90 Å². The van der Waals surface area contributed by atoms with E-state index in [0.717, 1.165) is 12.8 Å². The molecule has 18 heavy (non-hydrogen) atoms. The molecule has 0 radical (unpaired) electrons. The van der Waals surface area contributed by atoms with E-state index < -0.39 is 0 Å². The summed E-state index contributed by atoms with van der Waals surface area (Å²) in [6.45, 7) is 0.676. The molecule has 92 valence electrons. The van der Waals surface area contributed by atoms with E-state index in [2.05, 4.69) is 12.1 Å². The zero-order valence-corrected chi connectivity index (χ0v) is 10.1. The van der Waals surface area contributed by atoms with Crippen molar-refractivity contribution in [3.63, 3.8) is 0 Å². The minimum Gasteiger partial charge on any atom is -0.472 e. The molecule has 0 bridgehead atoms. The van der Waals surface area contributed by atoms with Crippen LogP contribution in [0.3, 0.4) is 0 Å². The van der Waals surface area contributed by atoms with Gasteiger partial charge in [0, 0.05) is 12.6 Å². The molecule has 1 saturated carbocycles. The third kappa shape index (κ3) is 2.30. The summed E-state index contributed by atoms with van der Waals surface area (Å²) in [5.41, 5.74) is 1.80. The average molecular weight is 241 g/mol. The van der Waals surface area contributed by atoms with Gasteiger partial charge in [-0.3, -0.25) is 4.79 Å². The smallest absolute Gasteiger partial charge is 0.257 e. The number of benzene rings is 1. The van der Waals surface area contributed by atoms with E-state index in [9.17, 15) is 4.79 Å². The third-order valence-corrected chi connectivity index (χ3v) is 3.21. The fraction of sp³-hybridized carbons (Fsp3) is 0.267. The summed E-state index contributed by atoms with van der Waals surface area (Å²) in [5, 5.41) is 0. The Morgan fingerprint density at radius 3 is 2.61 bits per heavy atom. The Kier molecular flexibility index (Phi) is 2.89. The van der Waals surface area contributed by atoms with Gasteiger partial charge in [-0.1, -0.05) is 30.3 Å². The van der Waals surface area contributed by atoms with E-state index >= 15 is 0 Å². The van der Waals surface area contributed by atoms with E-state index in [4.69, 9.17) is 4.42 Å². The van der Waals surface area contributed by atoms with Crippen molar-refractivity contribution in [1.29, 1.82) is 0 Å². The second-order valence-corrected chi connectivity index (χ2v) is 4.66. The SMILES string of the molecule is O=C(c1ccoc1)N(Cc1ccccc1)C1CC1. The Hall–Kier alpha value is -2.03. The minimum absolute atomic E-state index is 0.0649. The fourth-order valence-corrected chi connectivity index (χ4v) is 2.09. The van der Waals surface area contributed by atoms with Crippen molar-refractivity contribution < 1.29 is 9.21 Å². The summed E-state index contributed by atoms with van der Waals surface area (Å²) in [4.78, 5) is 14.3. The fourth-order valence-electron chi connectivity index (χ4n) is 2.09. The van der Waals surface area contributed by atoms with Crippen LogP contribution in [-0.4, -0.2) is 16.8 Å². The molecule has 1 aromatic heterocycles. The van der Waals surface area contributed by atoms with Crippen molar-refractivity contribution in [2.24, 2.45) is 0 Å². The van der Waals surface area contributed by atoms with Gasteiger partial charge in [-0.05, 0) is 24.5 Å². The van der Waals surface area contributed by atoms with Gasteiger partial charge in [-0.2, -0.15) is 0 Å². The number of furan rings is 1. The van der Waals surface area contributed by atoms with E-state index in [0.29, 0.717) is 18.2 Å². The summed E-state index contributed by atoms with van der Waals surface area (Å²) in [6, 6.07) is 12.2. The van der Waals surface area contributed by atoms with Crippen molar-refractivity contribution in [3.8, 4) is 0 Å². The maximum Gasteiger partial charge on any atom is 0.257 e. The normalized spacial score (nSPS) is 14.4. The Balaban J connectivity index is 1.79. The second kappa shape index (κ2) is 4.69. The molecular weight excluding hydrogens is 226 g/mol. The predicted octanol–water partition coefficient (Wildman–Crippen LogP) is 3.08. The molecule has 0 unspecified atom stereocenters. The Labute approximate surface area is 106 Å². The van der Waals surface area contributed by atoms with Crippen molar-refractivity contribution >= 4 is 5.91 Å². The number of hydrogen-bond acceptors (Lipinski definition) is 2. The highest BCUT2D eigenvalue weighted by molar-refractivity contribution is 5.94. The minimum atomic E-state index is 0.0649. The lowest BCUT2D eigenvalue weighted by molar-refractivity contribution is 0.0729. The summed E-state index contributed by atoms with van der Waals surface area (Å²) in [6.07, 6.45) is 5.27. The van der Waals surface area contributed by atoms with Gasteiger partial charge in [0.1, 0.15) is 6.26 Å². The number of carbonyl (C=O) groups is 1. The number of carbonyl (C=O) groups excluding carboxylic acids is 1. The highest BCUT2D eigenvalue weighted by Crippen LogP contribution is 2.29. The molecule has 1 amide bonds. The summed E-state index contributed by atoms with van der Waals surface area (Å²) in [5.74, 6) is 0.0649. The van der Waals surface area contributed by atoms with Gasteiger partial charge in [-0.25, -0.2) is 0 Å². The molecule has 1 aliphatic rings. The molecule has 0 aliphatic heterocycles. The summed E-state index contributed by atoms with van der Waals surface area (Å²) in [7, 11) is 0. The summed E-state index contributed by atoms with van der Waals surface area (Å²) < 4.78 is 4.99. The van der Waals surface area contributed by atoms with Crippen molar-refractivity contribution in [2.45, 2.75) is 25.4 Å². The molecule has 0 saturated heterocycles. The highest BCUT2D eigenvalue weighted by Gasteiger charge is 2.33. The lowest BCUT2D eigenvalue weighted by Crippen LogP contribution is -2.32. The lowest BCUT2D eigenvalue weighted by Gasteiger charge is -2.21. The van der Waals surface area contributed by atoms with Gasteiger partial charge < -0.3 is 9.32 Å². The Morgan fingerprint density at radius 2 is 2.00 bits per heavy atom. The molecule has 3 nitrogen and oxygen atoms in total. The van der Waals surface area contributed by atoms with E-state index in [-0.39, 0.29) is 5.91 Å². The molecule has 1 aromatic carbocycles. The van der Waals surface area contributed by atoms with Gasteiger partial charge in [-0.15, -0.1) is 0 Å². The van der Waals surface area contributed by atoms with E-state index in [1.165, 1.54) is 11.8 Å². The first kappa shape index (κ1) is 11.1. The van der Waals surface area contributed by atoms with Gasteiger partial charge in [0.2, 0.25) is 0 Å². The largest absolute Gasteiger partial charge is 0.472 e. The molecule has 0 spiro atoms. The van der Waals surface area contributed by atoms with Crippen LogP contribution >= 0.6 is 0 Å². The van der Waals surface area contributed by atoms with Crippen LogP contribution in [0.4, 0.5) is 0 Å². The monoisotopic (exact) mass is 241 g/mol. The Bertz CT molecular complexity index is 515. The highest BCUT2D eigenvalue weighted by atomic mass is 16.3. The van der Waals surface area contributed by atoms with Crippen LogP contribution in [-0.2, 0) is 6.54 Å². The molecule has 3 rings (SSSR count). The lowest BCUT2D eigenvalue weighted by atomic mass is 10.2. The van der Waals surface area contributed by atoms with Gasteiger partial charge in [0.25, 0.3) is 5.91 Å². The number of rotatable bonds is 4. The van der Waals surface area contributed by atoms with Crippen LogP contribution < -0.4 is 0 Å². The standard InChI is InChI=1S/C15H15NO2/c17-15(13-8-9-18-11-13)16(14-6-7-14)10-12-4-2-1-3-5-12/h1-5,8-9,11,14H,6-7,10H2. The van der Waals surface area contributed by atoms with Crippen LogP contribution in [0.2, 0.25) is 0 Å². The summed E-state index contributed by atoms with van der Waals surface area (Å²) >= 11 is 0.